The fourth-order valence-corrected chi connectivity index (χ4v) is 2.54. The van der Waals surface area contributed by atoms with Crippen molar-refractivity contribution >= 4 is 29.1 Å². The van der Waals surface area contributed by atoms with E-state index in [1.54, 1.807) is 18.2 Å². The Morgan fingerprint density at radius 1 is 1.09 bits per heavy atom. The van der Waals surface area contributed by atoms with E-state index in [0.717, 1.165) is 6.42 Å². The number of aryl methyl sites for hydroxylation is 1. The molecular weight excluding hydrogens is 321 g/mol. The molecule has 0 aromatic heterocycles. The van der Waals surface area contributed by atoms with Crippen LogP contribution in [-0.4, -0.2) is 19.1 Å². The molecule has 22 heavy (non-hydrogen) atoms. The average molecular weight is 338 g/mol. The molecule has 0 saturated carbocycles. The molecule has 2 aromatic carbocycles. The van der Waals surface area contributed by atoms with Crippen molar-refractivity contribution in [2.45, 2.75) is 13.3 Å². The highest BCUT2D eigenvalue weighted by Crippen LogP contribution is 2.32. The summed E-state index contributed by atoms with van der Waals surface area (Å²) >= 11 is 11.9. The second kappa shape index (κ2) is 8.06. The standard InChI is InChI=1S/C17H17Cl2NO2/c1-12-5-2-3-6-13(12)9-10-20-16(21)11-22-17-14(18)7-4-8-15(17)19/h2-8H,9-11H2,1H3,(H,20,21). The zero-order valence-corrected chi connectivity index (χ0v) is 13.7. The zero-order chi connectivity index (χ0) is 15.9. The molecule has 0 atom stereocenters. The summed E-state index contributed by atoms with van der Waals surface area (Å²) in [5.74, 6) is 0.129. The molecule has 5 heteroatoms. The normalized spacial score (nSPS) is 10.3. The van der Waals surface area contributed by atoms with E-state index in [0.29, 0.717) is 22.3 Å². The molecule has 1 N–H and O–H groups in total. The van der Waals surface area contributed by atoms with E-state index in [4.69, 9.17) is 27.9 Å². The van der Waals surface area contributed by atoms with E-state index in [1.165, 1.54) is 11.1 Å². The van der Waals surface area contributed by atoms with Gasteiger partial charge in [-0.2, -0.15) is 0 Å². The van der Waals surface area contributed by atoms with E-state index >= 15 is 0 Å². The quantitative estimate of drug-likeness (QED) is 0.863. The molecule has 0 aliphatic rings. The number of carbonyl (C=O) groups is 1. The summed E-state index contributed by atoms with van der Waals surface area (Å²) in [5, 5.41) is 3.60. The Morgan fingerprint density at radius 2 is 1.77 bits per heavy atom. The predicted molar refractivity (Wildman–Crippen MR) is 89.8 cm³/mol. The monoisotopic (exact) mass is 337 g/mol. The van der Waals surface area contributed by atoms with Crippen LogP contribution in [0.4, 0.5) is 0 Å². The van der Waals surface area contributed by atoms with E-state index in [9.17, 15) is 4.79 Å². The van der Waals surface area contributed by atoms with Crippen molar-refractivity contribution in [1.82, 2.24) is 5.32 Å². The number of hydrogen-bond donors (Lipinski definition) is 1. The number of halogens is 2. The van der Waals surface area contributed by atoms with Crippen LogP contribution < -0.4 is 10.1 Å². The fourth-order valence-electron chi connectivity index (χ4n) is 2.04. The fraction of sp³-hybridized carbons (Fsp3) is 0.235. The molecule has 2 rings (SSSR count). The molecule has 0 aliphatic carbocycles. The number of benzene rings is 2. The molecule has 0 bridgehead atoms. The van der Waals surface area contributed by atoms with Crippen molar-refractivity contribution in [1.29, 1.82) is 0 Å². The first-order valence-corrected chi connectivity index (χ1v) is 7.71. The molecule has 0 unspecified atom stereocenters. The first-order valence-electron chi connectivity index (χ1n) is 6.96. The number of ether oxygens (including phenoxy) is 1. The van der Waals surface area contributed by atoms with Crippen molar-refractivity contribution < 1.29 is 9.53 Å². The summed E-state index contributed by atoms with van der Waals surface area (Å²) in [4.78, 5) is 11.8. The maximum Gasteiger partial charge on any atom is 0.257 e. The van der Waals surface area contributed by atoms with Gasteiger partial charge in [0.25, 0.3) is 5.91 Å². The van der Waals surface area contributed by atoms with Gasteiger partial charge in [0.1, 0.15) is 0 Å². The van der Waals surface area contributed by atoms with Crippen LogP contribution in [0, 0.1) is 6.92 Å². The number of amides is 1. The van der Waals surface area contributed by atoms with Gasteiger partial charge in [-0.15, -0.1) is 0 Å². The van der Waals surface area contributed by atoms with E-state index in [1.807, 2.05) is 12.1 Å². The second-order valence-electron chi connectivity index (χ2n) is 4.87. The van der Waals surface area contributed by atoms with Crippen LogP contribution in [0.25, 0.3) is 0 Å². The lowest BCUT2D eigenvalue weighted by atomic mass is 10.1. The molecule has 0 radical (unpaired) electrons. The Hall–Kier alpha value is -1.71. The Bertz CT molecular complexity index is 639. The molecule has 0 fully saturated rings. The minimum absolute atomic E-state index is 0.114. The lowest BCUT2D eigenvalue weighted by molar-refractivity contribution is -0.123. The van der Waals surface area contributed by atoms with Gasteiger partial charge in [-0.05, 0) is 36.6 Å². The van der Waals surface area contributed by atoms with Gasteiger partial charge in [0.05, 0.1) is 10.0 Å². The Morgan fingerprint density at radius 3 is 2.45 bits per heavy atom. The maximum absolute atomic E-state index is 11.8. The third-order valence-electron chi connectivity index (χ3n) is 3.24. The van der Waals surface area contributed by atoms with Crippen LogP contribution >= 0.6 is 23.2 Å². The summed E-state index contributed by atoms with van der Waals surface area (Å²) in [6.45, 7) is 2.50. The predicted octanol–water partition coefficient (Wildman–Crippen LogP) is 4.04. The highest BCUT2D eigenvalue weighted by molar-refractivity contribution is 6.37. The van der Waals surface area contributed by atoms with E-state index < -0.39 is 0 Å². The number of para-hydroxylation sites is 1. The van der Waals surface area contributed by atoms with E-state index in [-0.39, 0.29) is 12.5 Å². The van der Waals surface area contributed by atoms with Gasteiger partial charge in [-0.3, -0.25) is 4.79 Å². The summed E-state index contributed by atoms with van der Waals surface area (Å²) in [5.41, 5.74) is 2.44. The number of rotatable bonds is 6. The highest BCUT2D eigenvalue weighted by atomic mass is 35.5. The number of carbonyl (C=O) groups excluding carboxylic acids is 1. The van der Waals surface area contributed by atoms with Gasteiger partial charge in [0, 0.05) is 6.54 Å². The van der Waals surface area contributed by atoms with Crippen LogP contribution in [0.1, 0.15) is 11.1 Å². The average Bonchev–Trinajstić information content (AvgIpc) is 2.49. The van der Waals surface area contributed by atoms with Gasteiger partial charge in [0.15, 0.2) is 12.4 Å². The van der Waals surface area contributed by atoms with Crippen molar-refractivity contribution in [3.05, 3.63) is 63.6 Å². The largest absolute Gasteiger partial charge is 0.481 e. The summed E-state index contributed by atoms with van der Waals surface area (Å²) in [7, 11) is 0. The van der Waals surface area contributed by atoms with Gasteiger partial charge < -0.3 is 10.1 Å². The summed E-state index contributed by atoms with van der Waals surface area (Å²) in [6.07, 6.45) is 0.783. The van der Waals surface area contributed by atoms with Crippen LogP contribution in [0.15, 0.2) is 42.5 Å². The summed E-state index contributed by atoms with van der Waals surface area (Å²) < 4.78 is 5.38. The van der Waals surface area contributed by atoms with Crippen LogP contribution in [0.2, 0.25) is 10.0 Å². The smallest absolute Gasteiger partial charge is 0.257 e. The molecule has 3 nitrogen and oxygen atoms in total. The van der Waals surface area contributed by atoms with Gasteiger partial charge in [-0.1, -0.05) is 53.5 Å². The van der Waals surface area contributed by atoms with Crippen molar-refractivity contribution in [3.8, 4) is 5.75 Å². The van der Waals surface area contributed by atoms with Crippen molar-refractivity contribution in [3.63, 3.8) is 0 Å². The molecule has 0 heterocycles. The minimum atomic E-state index is -0.204. The Labute approximate surface area is 140 Å². The van der Waals surface area contributed by atoms with E-state index in [2.05, 4.69) is 24.4 Å². The lowest BCUT2D eigenvalue weighted by Gasteiger charge is -2.10. The Balaban J connectivity index is 1.78. The first kappa shape index (κ1) is 16.7. The van der Waals surface area contributed by atoms with Crippen molar-refractivity contribution in [2.24, 2.45) is 0 Å². The first-order chi connectivity index (χ1) is 10.6. The molecule has 0 spiro atoms. The van der Waals surface area contributed by atoms with Gasteiger partial charge in [0.2, 0.25) is 0 Å². The molecule has 1 amide bonds. The second-order valence-corrected chi connectivity index (χ2v) is 5.68. The summed E-state index contributed by atoms with van der Waals surface area (Å²) in [6, 6.07) is 13.2. The molecule has 2 aromatic rings. The third kappa shape index (κ3) is 4.65. The third-order valence-corrected chi connectivity index (χ3v) is 3.84. The molecule has 0 saturated heterocycles. The zero-order valence-electron chi connectivity index (χ0n) is 12.2. The van der Waals surface area contributed by atoms with Crippen LogP contribution in [-0.2, 0) is 11.2 Å². The topological polar surface area (TPSA) is 38.3 Å². The molecule has 116 valence electrons. The van der Waals surface area contributed by atoms with Gasteiger partial charge in [-0.25, -0.2) is 0 Å². The lowest BCUT2D eigenvalue weighted by Crippen LogP contribution is -2.30. The minimum Gasteiger partial charge on any atom is -0.481 e. The van der Waals surface area contributed by atoms with Crippen molar-refractivity contribution in [2.75, 3.05) is 13.2 Å². The molecular formula is C17H17Cl2NO2. The maximum atomic E-state index is 11.8. The number of hydrogen-bond acceptors (Lipinski definition) is 2. The Kier molecular flexibility index (Phi) is 6.10. The SMILES string of the molecule is Cc1ccccc1CCNC(=O)COc1c(Cl)cccc1Cl. The van der Waals surface area contributed by atoms with Crippen LogP contribution in [0.3, 0.4) is 0 Å². The van der Waals surface area contributed by atoms with Gasteiger partial charge >= 0.3 is 0 Å². The highest BCUT2D eigenvalue weighted by Gasteiger charge is 2.09. The molecule has 0 aliphatic heterocycles. The van der Waals surface area contributed by atoms with Crippen LogP contribution in [0.5, 0.6) is 5.75 Å². The number of nitrogens with one attached hydrogen (secondary N) is 1.